The number of amides is 1. The van der Waals surface area contributed by atoms with Gasteiger partial charge in [-0.1, -0.05) is 6.07 Å². The fourth-order valence-corrected chi connectivity index (χ4v) is 3.52. The van der Waals surface area contributed by atoms with Crippen LogP contribution < -0.4 is 5.32 Å². The Morgan fingerprint density at radius 2 is 2.04 bits per heavy atom. The van der Waals surface area contributed by atoms with Crippen molar-refractivity contribution in [3.63, 3.8) is 0 Å². The average Bonchev–Trinajstić information content (AvgIpc) is 3.07. The van der Waals surface area contributed by atoms with Crippen LogP contribution in [-0.4, -0.2) is 28.4 Å². The molecule has 0 radical (unpaired) electrons. The summed E-state index contributed by atoms with van der Waals surface area (Å²) in [6.07, 6.45) is 1.80. The van der Waals surface area contributed by atoms with Crippen molar-refractivity contribution in [1.82, 2.24) is 9.38 Å². The highest BCUT2D eigenvalue weighted by Gasteiger charge is 2.22. The highest BCUT2D eigenvalue weighted by atomic mass is 32.1. The molecule has 0 aliphatic carbocycles. The highest BCUT2D eigenvalue weighted by molar-refractivity contribution is 7.16. The summed E-state index contributed by atoms with van der Waals surface area (Å²) in [5.41, 5.74) is 3.18. The molecule has 3 aromatic heterocycles. The van der Waals surface area contributed by atoms with Crippen molar-refractivity contribution < 1.29 is 14.3 Å². The molecule has 0 bridgehead atoms. The van der Waals surface area contributed by atoms with Gasteiger partial charge >= 0.3 is 5.97 Å². The van der Waals surface area contributed by atoms with Crippen molar-refractivity contribution in [2.75, 3.05) is 12.4 Å². The summed E-state index contributed by atoms with van der Waals surface area (Å²) in [6.45, 7) is 5.61. The number of carbonyl (C=O) groups is 2. The summed E-state index contributed by atoms with van der Waals surface area (Å²) in [6, 6.07) is 5.52. The van der Waals surface area contributed by atoms with Gasteiger partial charge in [-0.2, -0.15) is 0 Å². The number of hydrogen-bond acceptors (Lipinski definition) is 5. The first kappa shape index (κ1) is 16.2. The lowest BCUT2D eigenvalue weighted by atomic mass is 10.2. The number of aromatic nitrogens is 2. The number of methoxy groups -OCH3 is 1. The zero-order valence-electron chi connectivity index (χ0n) is 13.8. The van der Waals surface area contributed by atoms with Crippen LogP contribution in [0, 0.1) is 20.8 Å². The third-order valence-corrected chi connectivity index (χ3v) is 4.69. The highest BCUT2D eigenvalue weighted by Crippen LogP contribution is 2.29. The van der Waals surface area contributed by atoms with Crippen LogP contribution >= 0.6 is 11.3 Å². The van der Waals surface area contributed by atoms with Crippen LogP contribution in [-0.2, 0) is 4.74 Å². The Bertz CT molecular complexity index is 956. The molecule has 0 unspecified atom stereocenters. The number of thiophene rings is 1. The van der Waals surface area contributed by atoms with Gasteiger partial charge in [0.25, 0.3) is 5.91 Å². The van der Waals surface area contributed by atoms with E-state index < -0.39 is 5.97 Å². The van der Waals surface area contributed by atoms with Gasteiger partial charge in [-0.25, -0.2) is 9.78 Å². The molecule has 124 valence electrons. The fraction of sp³-hybridized carbons (Fsp3) is 0.235. The zero-order chi connectivity index (χ0) is 17.4. The Labute approximate surface area is 143 Å². The predicted octanol–water partition coefficient (Wildman–Crippen LogP) is 3.36. The average molecular weight is 343 g/mol. The normalized spacial score (nSPS) is 10.8. The van der Waals surface area contributed by atoms with Gasteiger partial charge in [-0.05, 0) is 38.5 Å². The van der Waals surface area contributed by atoms with Crippen LogP contribution in [0.4, 0.5) is 5.00 Å². The fourth-order valence-electron chi connectivity index (χ4n) is 2.62. The van der Waals surface area contributed by atoms with E-state index in [0.717, 1.165) is 16.1 Å². The van der Waals surface area contributed by atoms with Crippen LogP contribution in [0.15, 0.2) is 24.4 Å². The van der Waals surface area contributed by atoms with Crippen LogP contribution in [0.2, 0.25) is 0 Å². The van der Waals surface area contributed by atoms with E-state index in [0.29, 0.717) is 22.0 Å². The molecule has 3 heterocycles. The maximum Gasteiger partial charge on any atom is 0.340 e. The first-order valence-electron chi connectivity index (χ1n) is 7.36. The van der Waals surface area contributed by atoms with Crippen molar-refractivity contribution in [1.29, 1.82) is 0 Å². The Morgan fingerprint density at radius 1 is 1.29 bits per heavy atom. The Hall–Kier alpha value is -2.67. The van der Waals surface area contributed by atoms with E-state index in [2.05, 4.69) is 10.3 Å². The quantitative estimate of drug-likeness (QED) is 0.740. The van der Waals surface area contributed by atoms with Crippen molar-refractivity contribution in [3.05, 3.63) is 51.8 Å². The van der Waals surface area contributed by atoms with Gasteiger partial charge in [0.15, 0.2) is 0 Å². The molecule has 3 rings (SSSR count). The molecule has 0 aliphatic heterocycles. The molecule has 0 saturated heterocycles. The minimum Gasteiger partial charge on any atom is -0.465 e. The predicted molar refractivity (Wildman–Crippen MR) is 93.0 cm³/mol. The molecule has 0 atom stereocenters. The van der Waals surface area contributed by atoms with Gasteiger partial charge in [0.1, 0.15) is 16.3 Å². The number of fused-ring (bicyclic) bond motifs is 1. The van der Waals surface area contributed by atoms with E-state index >= 15 is 0 Å². The first-order chi connectivity index (χ1) is 11.4. The third-order valence-electron chi connectivity index (χ3n) is 3.72. The number of hydrogen-bond donors (Lipinski definition) is 1. The van der Waals surface area contributed by atoms with Gasteiger partial charge in [-0.15, -0.1) is 11.3 Å². The lowest BCUT2D eigenvalue weighted by Gasteiger charge is -2.06. The number of rotatable bonds is 3. The second-order valence-corrected chi connectivity index (χ2v) is 6.73. The molecule has 1 N–H and O–H groups in total. The molecule has 0 saturated carbocycles. The molecule has 7 heteroatoms. The molecule has 0 fully saturated rings. The largest absolute Gasteiger partial charge is 0.465 e. The van der Waals surface area contributed by atoms with E-state index in [1.807, 2.05) is 26.0 Å². The molecule has 0 spiro atoms. The van der Waals surface area contributed by atoms with Crippen LogP contribution in [0.3, 0.4) is 0 Å². The topological polar surface area (TPSA) is 72.7 Å². The minimum atomic E-state index is -0.472. The molecule has 6 nitrogen and oxygen atoms in total. The van der Waals surface area contributed by atoms with E-state index in [1.54, 1.807) is 23.6 Å². The Morgan fingerprint density at radius 3 is 2.75 bits per heavy atom. The molecule has 0 aromatic carbocycles. The number of imidazole rings is 1. The first-order valence-corrected chi connectivity index (χ1v) is 8.18. The summed E-state index contributed by atoms with van der Waals surface area (Å²) in [5.74, 6) is -0.780. The van der Waals surface area contributed by atoms with Crippen LogP contribution in [0.5, 0.6) is 0 Å². The van der Waals surface area contributed by atoms with E-state index in [1.165, 1.54) is 18.4 Å². The second-order valence-electron chi connectivity index (χ2n) is 5.48. The number of nitrogens with one attached hydrogen (secondary N) is 1. The van der Waals surface area contributed by atoms with Gasteiger partial charge in [0.2, 0.25) is 0 Å². The maximum absolute atomic E-state index is 12.8. The number of nitrogens with zero attached hydrogens (tertiary/aromatic N) is 2. The third kappa shape index (κ3) is 2.67. The molecular formula is C17H17N3O3S. The van der Waals surface area contributed by atoms with Crippen molar-refractivity contribution >= 4 is 33.9 Å². The lowest BCUT2D eigenvalue weighted by Crippen LogP contribution is -2.16. The number of aryl methyl sites for hydroxylation is 3. The summed E-state index contributed by atoms with van der Waals surface area (Å²) in [7, 11) is 1.32. The number of ether oxygens (including phenoxy) is 1. The van der Waals surface area contributed by atoms with Gasteiger partial charge < -0.3 is 10.1 Å². The van der Waals surface area contributed by atoms with Crippen molar-refractivity contribution in [2.24, 2.45) is 0 Å². The zero-order valence-corrected chi connectivity index (χ0v) is 14.7. The molecular weight excluding hydrogens is 326 g/mol. The number of esters is 1. The SMILES string of the molecule is COC(=O)c1cc(C)sc1NC(=O)c1c(C)nc2c(C)cccn12. The monoisotopic (exact) mass is 343 g/mol. The maximum atomic E-state index is 12.8. The molecule has 0 aliphatic rings. The smallest absolute Gasteiger partial charge is 0.340 e. The standard InChI is InChI=1S/C17H17N3O3S/c1-9-6-5-7-20-13(11(3)18-14(9)20)15(21)19-16-12(17(22)23-4)8-10(2)24-16/h5-8H,1-4H3,(H,19,21). The lowest BCUT2D eigenvalue weighted by molar-refractivity contribution is 0.0602. The second kappa shape index (κ2) is 6.09. The molecule has 3 aromatic rings. The minimum absolute atomic E-state index is 0.308. The van der Waals surface area contributed by atoms with Crippen LogP contribution in [0.1, 0.15) is 37.0 Å². The summed E-state index contributed by atoms with van der Waals surface area (Å²) >= 11 is 1.34. The van der Waals surface area contributed by atoms with E-state index in [4.69, 9.17) is 4.74 Å². The van der Waals surface area contributed by atoms with E-state index in [-0.39, 0.29) is 5.91 Å². The molecule has 24 heavy (non-hydrogen) atoms. The molecule has 1 amide bonds. The van der Waals surface area contributed by atoms with Crippen molar-refractivity contribution in [2.45, 2.75) is 20.8 Å². The number of carbonyl (C=O) groups excluding carboxylic acids is 2. The van der Waals surface area contributed by atoms with Gasteiger partial charge in [-0.3, -0.25) is 9.20 Å². The summed E-state index contributed by atoms with van der Waals surface area (Å²) in [5, 5.41) is 3.30. The van der Waals surface area contributed by atoms with Crippen LogP contribution in [0.25, 0.3) is 5.65 Å². The van der Waals surface area contributed by atoms with Gasteiger partial charge in [0, 0.05) is 11.1 Å². The Balaban J connectivity index is 2.02. The summed E-state index contributed by atoms with van der Waals surface area (Å²) in [4.78, 5) is 30.0. The summed E-state index contributed by atoms with van der Waals surface area (Å²) < 4.78 is 6.53. The number of anilines is 1. The number of pyridine rings is 1. The van der Waals surface area contributed by atoms with E-state index in [9.17, 15) is 9.59 Å². The van der Waals surface area contributed by atoms with Crippen molar-refractivity contribution in [3.8, 4) is 0 Å². The Kier molecular flexibility index (Phi) is 4.11. The van der Waals surface area contributed by atoms with Gasteiger partial charge in [0.05, 0.1) is 18.4 Å².